The molecule has 134 valence electrons. The third kappa shape index (κ3) is 2.78. The summed E-state index contributed by atoms with van der Waals surface area (Å²) in [6.07, 6.45) is 3.32. The van der Waals surface area contributed by atoms with Crippen LogP contribution in [0.5, 0.6) is 5.75 Å². The fourth-order valence-electron chi connectivity index (χ4n) is 3.06. The van der Waals surface area contributed by atoms with E-state index in [1.807, 2.05) is 57.5 Å². The number of benzene rings is 1. The standard InChI is InChI=1S/C18H20N6OS/c1-25-14-5-2-4-13-16(14)22-18(23(13)10-8-19)24-9-7-12(21-17(24)20)15-6-3-11-26-15/h2-7,9,11,17H,8,10,19-20H2,1H3. The van der Waals surface area contributed by atoms with E-state index in [-0.39, 0.29) is 0 Å². The Labute approximate surface area is 155 Å². The Morgan fingerprint density at radius 3 is 2.85 bits per heavy atom. The summed E-state index contributed by atoms with van der Waals surface area (Å²) in [5.41, 5.74) is 14.8. The maximum absolute atomic E-state index is 6.34. The highest BCUT2D eigenvalue weighted by Gasteiger charge is 2.24. The second kappa shape index (κ2) is 6.91. The number of para-hydroxylation sites is 1. The van der Waals surface area contributed by atoms with Gasteiger partial charge in [-0.2, -0.15) is 0 Å². The van der Waals surface area contributed by atoms with Gasteiger partial charge >= 0.3 is 0 Å². The van der Waals surface area contributed by atoms with Gasteiger partial charge in [0.05, 0.1) is 23.2 Å². The summed E-state index contributed by atoms with van der Waals surface area (Å²) in [5.74, 6) is 1.42. The summed E-state index contributed by atoms with van der Waals surface area (Å²) in [6.45, 7) is 1.11. The normalized spacial score (nSPS) is 17.0. The van der Waals surface area contributed by atoms with Crippen molar-refractivity contribution in [2.24, 2.45) is 16.5 Å². The van der Waals surface area contributed by atoms with E-state index in [4.69, 9.17) is 21.2 Å². The summed E-state index contributed by atoms with van der Waals surface area (Å²) in [7, 11) is 1.64. The van der Waals surface area contributed by atoms with Gasteiger partial charge in [0.25, 0.3) is 0 Å². The Morgan fingerprint density at radius 2 is 2.15 bits per heavy atom. The van der Waals surface area contributed by atoms with Crippen LogP contribution in [0.1, 0.15) is 4.88 Å². The Balaban J connectivity index is 1.77. The summed E-state index contributed by atoms with van der Waals surface area (Å²) in [4.78, 5) is 12.3. The van der Waals surface area contributed by atoms with Crippen LogP contribution in [0.4, 0.5) is 5.95 Å². The lowest BCUT2D eigenvalue weighted by Crippen LogP contribution is -2.41. The first kappa shape index (κ1) is 16.8. The van der Waals surface area contributed by atoms with Crippen molar-refractivity contribution in [3.05, 3.63) is 52.9 Å². The Bertz CT molecular complexity index is 975. The number of hydrogen-bond donors (Lipinski definition) is 2. The molecule has 7 nitrogen and oxygen atoms in total. The fraction of sp³-hybridized carbons (Fsp3) is 0.222. The predicted octanol–water partition coefficient (Wildman–Crippen LogP) is 2.13. The number of anilines is 1. The number of methoxy groups -OCH3 is 1. The van der Waals surface area contributed by atoms with E-state index in [0.29, 0.717) is 19.0 Å². The molecule has 0 amide bonds. The summed E-state index contributed by atoms with van der Waals surface area (Å²) in [5, 5.41) is 2.02. The molecular formula is C18H20N6OS. The number of rotatable bonds is 5. The van der Waals surface area contributed by atoms with E-state index in [1.165, 1.54) is 0 Å². The van der Waals surface area contributed by atoms with Crippen molar-refractivity contribution in [2.45, 2.75) is 12.8 Å². The topological polar surface area (TPSA) is 94.7 Å². The van der Waals surface area contributed by atoms with Crippen molar-refractivity contribution in [3.63, 3.8) is 0 Å². The van der Waals surface area contributed by atoms with Crippen LogP contribution >= 0.6 is 11.3 Å². The van der Waals surface area contributed by atoms with Crippen LogP contribution in [-0.4, -0.2) is 35.2 Å². The second-order valence-corrected chi connectivity index (χ2v) is 6.76. The van der Waals surface area contributed by atoms with Crippen LogP contribution in [0.3, 0.4) is 0 Å². The highest BCUT2D eigenvalue weighted by molar-refractivity contribution is 7.12. The van der Waals surface area contributed by atoms with Crippen LogP contribution in [0, 0.1) is 0 Å². The smallest absolute Gasteiger partial charge is 0.213 e. The van der Waals surface area contributed by atoms with Crippen LogP contribution in [-0.2, 0) is 6.54 Å². The first-order valence-corrected chi connectivity index (χ1v) is 9.18. The average Bonchev–Trinajstić information content (AvgIpc) is 3.30. The fourth-order valence-corrected chi connectivity index (χ4v) is 3.76. The van der Waals surface area contributed by atoms with Crippen LogP contribution in [0.2, 0.25) is 0 Å². The van der Waals surface area contributed by atoms with Crippen molar-refractivity contribution in [2.75, 3.05) is 18.6 Å². The van der Waals surface area contributed by atoms with E-state index < -0.39 is 6.29 Å². The molecule has 4 N–H and O–H groups in total. The van der Waals surface area contributed by atoms with Gasteiger partial charge in [-0.05, 0) is 29.7 Å². The quantitative estimate of drug-likeness (QED) is 0.719. The van der Waals surface area contributed by atoms with Gasteiger partial charge in [0.2, 0.25) is 5.95 Å². The molecule has 1 aromatic carbocycles. The van der Waals surface area contributed by atoms with Crippen LogP contribution < -0.4 is 21.1 Å². The van der Waals surface area contributed by atoms with Gasteiger partial charge in [0.1, 0.15) is 11.3 Å². The van der Waals surface area contributed by atoms with Gasteiger partial charge in [-0.15, -0.1) is 11.3 Å². The molecule has 1 aliphatic rings. The number of ether oxygens (including phenoxy) is 1. The van der Waals surface area contributed by atoms with Gasteiger partial charge in [0, 0.05) is 19.3 Å². The van der Waals surface area contributed by atoms with Crippen molar-refractivity contribution in [1.29, 1.82) is 0 Å². The molecule has 3 heterocycles. The van der Waals surface area contributed by atoms with E-state index in [1.54, 1.807) is 18.4 Å². The number of imidazole rings is 1. The van der Waals surface area contributed by atoms with E-state index in [9.17, 15) is 0 Å². The number of aliphatic imine (C=N–C) groups is 1. The number of nitrogens with two attached hydrogens (primary N) is 2. The molecule has 1 aliphatic heterocycles. The largest absolute Gasteiger partial charge is 0.494 e. The molecule has 0 aliphatic carbocycles. The minimum atomic E-state index is -0.559. The van der Waals surface area contributed by atoms with Crippen molar-refractivity contribution in [3.8, 4) is 5.75 Å². The minimum absolute atomic E-state index is 0.492. The molecule has 1 unspecified atom stereocenters. The van der Waals surface area contributed by atoms with E-state index in [2.05, 4.69) is 4.99 Å². The molecule has 26 heavy (non-hydrogen) atoms. The molecule has 3 aromatic rings. The molecule has 0 fully saturated rings. The average molecular weight is 368 g/mol. The molecule has 2 aromatic heterocycles. The van der Waals surface area contributed by atoms with Crippen molar-refractivity contribution in [1.82, 2.24) is 9.55 Å². The number of fused-ring (bicyclic) bond motifs is 1. The van der Waals surface area contributed by atoms with Crippen LogP contribution in [0.25, 0.3) is 11.0 Å². The molecule has 0 bridgehead atoms. The molecule has 0 radical (unpaired) electrons. The first-order valence-electron chi connectivity index (χ1n) is 8.30. The third-order valence-electron chi connectivity index (χ3n) is 4.25. The Morgan fingerprint density at radius 1 is 1.27 bits per heavy atom. The van der Waals surface area contributed by atoms with Gasteiger partial charge in [-0.3, -0.25) is 10.6 Å². The number of hydrogen-bond acceptors (Lipinski definition) is 7. The van der Waals surface area contributed by atoms with E-state index in [0.717, 1.165) is 27.4 Å². The predicted molar refractivity (Wildman–Crippen MR) is 106 cm³/mol. The van der Waals surface area contributed by atoms with Gasteiger partial charge in [-0.25, -0.2) is 9.98 Å². The highest BCUT2D eigenvalue weighted by atomic mass is 32.1. The number of thiophene rings is 1. The molecule has 4 rings (SSSR count). The molecule has 0 saturated heterocycles. The molecule has 0 spiro atoms. The Hall–Kier alpha value is -2.68. The van der Waals surface area contributed by atoms with Gasteiger partial charge in [-0.1, -0.05) is 12.1 Å². The zero-order valence-corrected chi connectivity index (χ0v) is 15.2. The second-order valence-electron chi connectivity index (χ2n) is 5.81. The Kier molecular flexibility index (Phi) is 4.46. The highest BCUT2D eigenvalue weighted by Crippen LogP contribution is 2.31. The zero-order chi connectivity index (χ0) is 18.1. The van der Waals surface area contributed by atoms with E-state index >= 15 is 0 Å². The minimum Gasteiger partial charge on any atom is -0.494 e. The lowest BCUT2D eigenvalue weighted by atomic mass is 10.2. The number of aromatic nitrogens is 2. The lowest BCUT2D eigenvalue weighted by molar-refractivity contribution is 0.419. The zero-order valence-electron chi connectivity index (χ0n) is 14.4. The molecule has 0 saturated carbocycles. The SMILES string of the molecule is COc1cccc2c1nc(N1C=CC(c3cccs3)=NC1N)n2CCN. The summed E-state index contributed by atoms with van der Waals surface area (Å²) in [6, 6.07) is 9.87. The monoisotopic (exact) mass is 368 g/mol. The first-order chi connectivity index (χ1) is 12.7. The maximum Gasteiger partial charge on any atom is 0.213 e. The molecule has 1 atom stereocenters. The van der Waals surface area contributed by atoms with Crippen LogP contribution in [0.15, 0.2) is 53.0 Å². The molecular weight excluding hydrogens is 348 g/mol. The van der Waals surface area contributed by atoms with Gasteiger partial charge < -0.3 is 15.0 Å². The summed E-state index contributed by atoms with van der Waals surface area (Å²) >= 11 is 1.64. The number of nitrogens with zero attached hydrogens (tertiary/aromatic N) is 4. The molecule has 8 heteroatoms. The lowest BCUT2D eigenvalue weighted by Gasteiger charge is -2.27. The maximum atomic E-state index is 6.34. The van der Waals surface area contributed by atoms with Gasteiger partial charge in [0.15, 0.2) is 6.29 Å². The summed E-state index contributed by atoms with van der Waals surface area (Å²) < 4.78 is 7.50. The van der Waals surface area contributed by atoms with Crippen molar-refractivity contribution >= 4 is 34.0 Å². The van der Waals surface area contributed by atoms with Crippen molar-refractivity contribution < 1.29 is 4.74 Å². The number of allylic oxidation sites excluding steroid dienone is 1. The third-order valence-corrected chi connectivity index (χ3v) is 5.14.